The third-order valence-corrected chi connectivity index (χ3v) is 3.02. The molecule has 100 valence electrons. The first-order valence-electron chi connectivity index (χ1n) is 6.16. The van der Waals surface area contributed by atoms with E-state index in [-0.39, 0.29) is 5.91 Å². The fourth-order valence-electron chi connectivity index (χ4n) is 2.18. The van der Waals surface area contributed by atoms with Crippen LogP contribution in [-0.4, -0.2) is 16.1 Å². The number of hydrogen-bond donors (Lipinski definition) is 2. The highest BCUT2D eigenvalue weighted by molar-refractivity contribution is 6.00. The average Bonchev–Trinajstić information content (AvgIpc) is 2.82. The third kappa shape index (κ3) is 2.14. The summed E-state index contributed by atoms with van der Waals surface area (Å²) >= 11 is 0. The van der Waals surface area contributed by atoms with Gasteiger partial charge in [0.1, 0.15) is 11.5 Å². The minimum atomic E-state index is -0.405. The summed E-state index contributed by atoms with van der Waals surface area (Å²) in [6.45, 7) is 1.39. The molecule has 0 aliphatic carbocycles. The molecule has 3 rings (SSSR count). The minimum Gasteiger partial charge on any atom is -0.326 e. The molecule has 0 aliphatic heterocycles. The van der Waals surface area contributed by atoms with Crippen LogP contribution in [0.15, 0.2) is 42.5 Å². The van der Waals surface area contributed by atoms with Crippen LogP contribution in [0.2, 0.25) is 0 Å². The van der Waals surface area contributed by atoms with Gasteiger partial charge in [-0.15, -0.1) is 0 Å². The number of amides is 1. The lowest BCUT2D eigenvalue weighted by Crippen LogP contribution is -2.07. The Hall–Kier alpha value is -2.69. The topological polar surface area (TPSA) is 57.8 Å². The number of carbonyl (C=O) groups is 1. The van der Waals surface area contributed by atoms with Crippen LogP contribution in [0.1, 0.15) is 6.92 Å². The highest BCUT2D eigenvalue weighted by atomic mass is 19.1. The van der Waals surface area contributed by atoms with Crippen molar-refractivity contribution in [3.8, 4) is 11.3 Å². The summed E-state index contributed by atoms with van der Waals surface area (Å²) in [6.07, 6.45) is 0. The van der Waals surface area contributed by atoms with Crippen LogP contribution < -0.4 is 5.32 Å². The van der Waals surface area contributed by atoms with E-state index in [0.717, 1.165) is 10.9 Å². The van der Waals surface area contributed by atoms with Gasteiger partial charge < -0.3 is 5.32 Å². The number of anilines is 1. The van der Waals surface area contributed by atoms with Gasteiger partial charge in [0.2, 0.25) is 5.91 Å². The monoisotopic (exact) mass is 269 g/mol. The first kappa shape index (κ1) is 12.3. The number of benzene rings is 2. The number of nitrogens with zero attached hydrogens (tertiary/aromatic N) is 1. The molecule has 0 bridgehead atoms. The summed E-state index contributed by atoms with van der Waals surface area (Å²) in [7, 11) is 0. The van der Waals surface area contributed by atoms with Gasteiger partial charge in [0.15, 0.2) is 0 Å². The molecule has 5 heteroatoms. The van der Waals surface area contributed by atoms with E-state index in [1.54, 1.807) is 6.07 Å². The van der Waals surface area contributed by atoms with E-state index in [4.69, 9.17) is 0 Å². The standard InChI is InChI=1S/C15H12FN3O/c1-9(20)17-14-8-10(16)6-7-12(14)15-11-4-2-3-5-13(11)18-19-15/h2-8H,1H3,(H,17,20)(H,18,19). The van der Waals surface area contributed by atoms with E-state index >= 15 is 0 Å². The summed E-state index contributed by atoms with van der Waals surface area (Å²) in [5.74, 6) is -0.658. The van der Waals surface area contributed by atoms with E-state index in [2.05, 4.69) is 15.5 Å². The largest absolute Gasteiger partial charge is 0.326 e. The molecule has 0 atom stereocenters. The maximum Gasteiger partial charge on any atom is 0.221 e. The van der Waals surface area contributed by atoms with Crippen molar-refractivity contribution in [1.29, 1.82) is 0 Å². The average molecular weight is 269 g/mol. The molecular formula is C15H12FN3O. The van der Waals surface area contributed by atoms with E-state index in [9.17, 15) is 9.18 Å². The Balaban J connectivity index is 2.21. The lowest BCUT2D eigenvalue weighted by atomic mass is 10.1. The Bertz CT molecular complexity index is 795. The smallest absolute Gasteiger partial charge is 0.221 e. The number of nitrogens with one attached hydrogen (secondary N) is 2. The summed E-state index contributed by atoms with van der Waals surface area (Å²) in [5, 5.41) is 10.7. The maximum atomic E-state index is 13.4. The van der Waals surface area contributed by atoms with Gasteiger partial charge in [0, 0.05) is 17.9 Å². The highest BCUT2D eigenvalue weighted by Crippen LogP contribution is 2.32. The zero-order valence-corrected chi connectivity index (χ0v) is 10.8. The molecule has 0 saturated heterocycles. The number of fused-ring (bicyclic) bond motifs is 1. The molecule has 0 fully saturated rings. The Kier molecular flexibility index (Phi) is 2.95. The molecule has 2 aromatic carbocycles. The SMILES string of the molecule is CC(=O)Nc1cc(F)ccc1-c1n[nH]c2ccccc12. The predicted octanol–water partition coefficient (Wildman–Crippen LogP) is 3.33. The molecule has 2 N–H and O–H groups in total. The van der Waals surface area contributed by atoms with Crippen molar-refractivity contribution in [3.05, 3.63) is 48.3 Å². The molecular weight excluding hydrogens is 257 g/mol. The lowest BCUT2D eigenvalue weighted by molar-refractivity contribution is -0.114. The number of rotatable bonds is 2. The Morgan fingerprint density at radius 1 is 1.25 bits per heavy atom. The summed E-state index contributed by atoms with van der Waals surface area (Å²) in [6, 6.07) is 11.9. The second-order valence-electron chi connectivity index (χ2n) is 4.49. The van der Waals surface area contributed by atoms with E-state index in [1.807, 2.05) is 24.3 Å². The van der Waals surface area contributed by atoms with Gasteiger partial charge in [-0.3, -0.25) is 9.89 Å². The number of H-pyrrole nitrogens is 1. The zero-order valence-electron chi connectivity index (χ0n) is 10.8. The van der Waals surface area contributed by atoms with E-state index in [1.165, 1.54) is 19.1 Å². The molecule has 0 radical (unpaired) electrons. The second-order valence-corrected chi connectivity index (χ2v) is 4.49. The summed E-state index contributed by atoms with van der Waals surface area (Å²) in [5.41, 5.74) is 2.67. The van der Waals surface area contributed by atoms with Crippen LogP contribution in [0.3, 0.4) is 0 Å². The first-order valence-corrected chi connectivity index (χ1v) is 6.16. The van der Waals surface area contributed by atoms with Crippen molar-refractivity contribution in [2.24, 2.45) is 0 Å². The van der Waals surface area contributed by atoms with Gasteiger partial charge in [0.05, 0.1) is 11.2 Å². The van der Waals surface area contributed by atoms with Crippen molar-refractivity contribution in [2.75, 3.05) is 5.32 Å². The van der Waals surface area contributed by atoms with Gasteiger partial charge in [-0.25, -0.2) is 4.39 Å². The Morgan fingerprint density at radius 3 is 2.85 bits per heavy atom. The molecule has 0 saturated carbocycles. The lowest BCUT2D eigenvalue weighted by Gasteiger charge is -2.08. The summed E-state index contributed by atoms with van der Waals surface area (Å²) < 4.78 is 13.4. The van der Waals surface area contributed by atoms with E-state index in [0.29, 0.717) is 16.9 Å². The molecule has 3 aromatic rings. The van der Waals surface area contributed by atoms with Crippen LogP contribution >= 0.6 is 0 Å². The molecule has 4 nitrogen and oxygen atoms in total. The molecule has 0 spiro atoms. The molecule has 0 unspecified atom stereocenters. The quantitative estimate of drug-likeness (QED) is 0.749. The van der Waals surface area contributed by atoms with Crippen molar-refractivity contribution >= 4 is 22.5 Å². The fraction of sp³-hybridized carbons (Fsp3) is 0.0667. The van der Waals surface area contributed by atoms with Crippen molar-refractivity contribution in [2.45, 2.75) is 6.92 Å². The summed E-state index contributed by atoms with van der Waals surface area (Å²) in [4.78, 5) is 11.2. The number of para-hydroxylation sites is 1. The first-order chi connectivity index (χ1) is 9.65. The van der Waals surface area contributed by atoms with Crippen molar-refractivity contribution in [3.63, 3.8) is 0 Å². The number of aromatic nitrogens is 2. The number of hydrogen-bond acceptors (Lipinski definition) is 2. The van der Waals surface area contributed by atoms with Gasteiger partial charge in [0.25, 0.3) is 0 Å². The van der Waals surface area contributed by atoms with Crippen molar-refractivity contribution < 1.29 is 9.18 Å². The van der Waals surface area contributed by atoms with E-state index < -0.39 is 5.82 Å². The van der Waals surface area contributed by atoms with Crippen LogP contribution in [0.25, 0.3) is 22.2 Å². The normalized spacial score (nSPS) is 10.7. The molecule has 1 aromatic heterocycles. The second kappa shape index (κ2) is 4.77. The third-order valence-electron chi connectivity index (χ3n) is 3.02. The number of aromatic amines is 1. The van der Waals surface area contributed by atoms with Crippen LogP contribution in [0.4, 0.5) is 10.1 Å². The minimum absolute atomic E-state index is 0.253. The van der Waals surface area contributed by atoms with Crippen LogP contribution in [-0.2, 0) is 4.79 Å². The van der Waals surface area contributed by atoms with Gasteiger partial charge >= 0.3 is 0 Å². The van der Waals surface area contributed by atoms with Gasteiger partial charge in [-0.2, -0.15) is 5.10 Å². The maximum absolute atomic E-state index is 13.4. The van der Waals surface area contributed by atoms with Crippen LogP contribution in [0, 0.1) is 5.82 Å². The molecule has 20 heavy (non-hydrogen) atoms. The number of halogens is 1. The fourth-order valence-corrected chi connectivity index (χ4v) is 2.18. The molecule has 0 aliphatic rings. The Labute approximate surface area is 114 Å². The molecule has 1 amide bonds. The van der Waals surface area contributed by atoms with Crippen molar-refractivity contribution in [1.82, 2.24) is 10.2 Å². The van der Waals surface area contributed by atoms with Gasteiger partial charge in [-0.1, -0.05) is 18.2 Å². The number of carbonyl (C=O) groups excluding carboxylic acids is 1. The highest BCUT2D eigenvalue weighted by Gasteiger charge is 2.13. The Morgan fingerprint density at radius 2 is 2.05 bits per heavy atom. The van der Waals surface area contributed by atoms with Gasteiger partial charge in [-0.05, 0) is 24.3 Å². The zero-order chi connectivity index (χ0) is 14.1. The molecule has 1 heterocycles. The predicted molar refractivity (Wildman–Crippen MR) is 75.8 cm³/mol. The van der Waals surface area contributed by atoms with Crippen LogP contribution in [0.5, 0.6) is 0 Å².